The van der Waals surface area contributed by atoms with Gasteiger partial charge in [0.25, 0.3) is 0 Å². The minimum atomic E-state index is -2.01. The number of carbonyl (C=O) groups is 3. The van der Waals surface area contributed by atoms with Crippen LogP contribution >= 0.6 is 0 Å². The number of rotatable bonds is 6. The second kappa shape index (κ2) is 8.12. The zero-order valence-electron chi connectivity index (χ0n) is 19.7. The number of esters is 1. The van der Waals surface area contributed by atoms with Crippen molar-refractivity contribution in [3.8, 4) is 0 Å². The summed E-state index contributed by atoms with van der Waals surface area (Å²) >= 11 is 0. The Morgan fingerprint density at radius 2 is 1.97 bits per heavy atom. The zero-order valence-corrected chi connectivity index (χ0v) is 19.7. The van der Waals surface area contributed by atoms with Gasteiger partial charge in [-0.15, -0.1) is 0 Å². The summed E-state index contributed by atoms with van der Waals surface area (Å²) in [5.41, 5.74) is -5.01. The number of aliphatic hydroxyl groups excluding tert-OH is 2. The molecule has 0 aromatic rings. The number of halogens is 1. The van der Waals surface area contributed by atoms with E-state index in [-0.39, 0.29) is 31.0 Å². The maximum atomic E-state index is 17.1. The lowest BCUT2D eigenvalue weighted by Crippen LogP contribution is -2.69. The van der Waals surface area contributed by atoms with Gasteiger partial charge in [-0.25, -0.2) is 4.39 Å². The molecule has 4 aliphatic carbocycles. The molecule has 3 saturated carbocycles. The fourth-order valence-corrected chi connectivity index (χ4v) is 7.58. The maximum Gasteiger partial charge on any atom is 0.306 e. The maximum absolute atomic E-state index is 17.1. The Kier molecular flexibility index (Phi) is 5.97. The number of alkyl halides is 1. The van der Waals surface area contributed by atoms with Gasteiger partial charge in [0.1, 0.15) is 6.61 Å². The molecule has 0 bridgehead atoms. The van der Waals surface area contributed by atoms with Crippen LogP contribution in [-0.2, 0) is 19.1 Å². The number of ketones is 2. The normalized spacial score (nSPS) is 43.9. The van der Waals surface area contributed by atoms with Crippen LogP contribution in [0.15, 0.2) is 23.8 Å². The molecule has 0 saturated heterocycles. The summed E-state index contributed by atoms with van der Waals surface area (Å²) < 4.78 is 23.0. The van der Waals surface area contributed by atoms with Gasteiger partial charge in [0, 0.05) is 23.2 Å². The van der Waals surface area contributed by atoms with E-state index in [1.807, 2.05) is 13.8 Å². The van der Waals surface area contributed by atoms with Crippen molar-refractivity contribution >= 4 is 17.5 Å². The molecule has 1 unspecified atom stereocenters. The number of allylic oxidation sites excluding steroid dienone is 4. The summed E-state index contributed by atoms with van der Waals surface area (Å²) in [6.07, 6.45) is 6.18. The van der Waals surface area contributed by atoms with Crippen LogP contribution in [0.25, 0.3) is 0 Å². The first-order valence-electron chi connectivity index (χ1n) is 12.2. The van der Waals surface area contributed by atoms with Crippen molar-refractivity contribution in [1.82, 2.24) is 0 Å². The third-order valence-electron chi connectivity index (χ3n) is 9.38. The molecule has 6 nitrogen and oxygen atoms in total. The van der Waals surface area contributed by atoms with Gasteiger partial charge in [-0.05, 0) is 63.5 Å². The van der Waals surface area contributed by atoms with Crippen LogP contribution in [0.1, 0.15) is 72.1 Å². The van der Waals surface area contributed by atoms with Crippen molar-refractivity contribution < 1.29 is 33.7 Å². The molecule has 3 fully saturated rings. The van der Waals surface area contributed by atoms with E-state index in [4.69, 9.17) is 4.74 Å². The van der Waals surface area contributed by atoms with Gasteiger partial charge < -0.3 is 14.9 Å². The standard InChI is InChI=1S/C26H35FO6/c1-4-5-6-22(32)33-25(21(31)15-28)12-10-18-19-8-7-16-13-17(29)9-11-23(16,2)26(19,27)20(30)14-24(18,25)3/h9,11,13,18-20,28,30H,4-8,10,12,14-15H2,1-3H3/t18-,19-,20?,23-,24-,25-,26-/m0/s1. The number of carbonyl (C=O) groups excluding carboxylic acids is 3. The number of aliphatic hydroxyl groups is 2. The van der Waals surface area contributed by atoms with Crippen molar-refractivity contribution in [1.29, 1.82) is 0 Å². The summed E-state index contributed by atoms with van der Waals surface area (Å²) in [4.78, 5) is 37.7. The number of hydrogen-bond acceptors (Lipinski definition) is 6. The van der Waals surface area contributed by atoms with E-state index in [9.17, 15) is 24.6 Å². The van der Waals surface area contributed by atoms with Crippen LogP contribution in [0.2, 0.25) is 0 Å². The predicted octanol–water partition coefficient (Wildman–Crippen LogP) is 3.39. The fraction of sp³-hybridized carbons (Fsp3) is 0.731. The predicted molar refractivity (Wildman–Crippen MR) is 119 cm³/mol. The van der Waals surface area contributed by atoms with E-state index in [1.54, 1.807) is 13.0 Å². The number of fused-ring (bicyclic) bond motifs is 5. The first-order chi connectivity index (χ1) is 15.5. The lowest BCUT2D eigenvalue weighted by Gasteiger charge is -2.62. The van der Waals surface area contributed by atoms with Gasteiger partial charge in [0.2, 0.25) is 5.78 Å². The number of unbranched alkanes of at least 4 members (excludes halogenated alkanes) is 1. The van der Waals surface area contributed by atoms with Crippen LogP contribution in [0, 0.1) is 22.7 Å². The highest BCUT2D eigenvalue weighted by atomic mass is 19.1. The van der Waals surface area contributed by atoms with Crippen LogP contribution in [0.5, 0.6) is 0 Å². The lowest BCUT2D eigenvalue weighted by molar-refractivity contribution is -0.225. The van der Waals surface area contributed by atoms with Gasteiger partial charge in [0.05, 0.1) is 6.10 Å². The zero-order chi connectivity index (χ0) is 24.2. The van der Waals surface area contributed by atoms with Crippen molar-refractivity contribution in [3.63, 3.8) is 0 Å². The lowest BCUT2D eigenvalue weighted by atomic mass is 9.44. The first kappa shape index (κ1) is 24.3. The Labute approximate surface area is 194 Å². The van der Waals surface area contributed by atoms with Crippen LogP contribution in [-0.4, -0.2) is 51.7 Å². The van der Waals surface area contributed by atoms with E-state index in [2.05, 4.69) is 0 Å². The molecule has 0 aromatic carbocycles. The molecule has 0 radical (unpaired) electrons. The first-order valence-corrected chi connectivity index (χ1v) is 12.2. The molecule has 0 amide bonds. The smallest absolute Gasteiger partial charge is 0.306 e. The Bertz CT molecular complexity index is 926. The summed E-state index contributed by atoms with van der Waals surface area (Å²) in [6.45, 7) is 4.72. The van der Waals surface area contributed by atoms with Gasteiger partial charge in [-0.2, -0.15) is 0 Å². The van der Waals surface area contributed by atoms with Gasteiger partial charge in [-0.3, -0.25) is 14.4 Å². The minimum absolute atomic E-state index is 0.0673. The van der Waals surface area contributed by atoms with Crippen molar-refractivity contribution in [2.24, 2.45) is 22.7 Å². The van der Waals surface area contributed by atoms with E-state index in [0.717, 1.165) is 6.42 Å². The fourth-order valence-electron chi connectivity index (χ4n) is 7.58. The molecule has 7 heteroatoms. The largest absolute Gasteiger partial charge is 0.450 e. The van der Waals surface area contributed by atoms with Crippen molar-refractivity contribution in [2.45, 2.75) is 89.5 Å². The summed E-state index contributed by atoms with van der Waals surface area (Å²) in [7, 11) is 0. The van der Waals surface area contributed by atoms with Crippen molar-refractivity contribution in [3.05, 3.63) is 23.8 Å². The molecule has 4 rings (SSSR count). The van der Waals surface area contributed by atoms with E-state index in [1.165, 1.54) is 12.2 Å². The van der Waals surface area contributed by atoms with Gasteiger partial charge >= 0.3 is 5.97 Å². The Morgan fingerprint density at radius 3 is 2.64 bits per heavy atom. The third kappa shape index (κ3) is 3.14. The molecule has 2 N–H and O–H groups in total. The van der Waals surface area contributed by atoms with Crippen molar-refractivity contribution in [2.75, 3.05) is 6.61 Å². The van der Waals surface area contributed by atoms with E-state index in [0.29, 0.717) is 31.3 Å². The highest BCUT2D eigenvalue weighted by Gasteiger charge is 2.75. The highest BCUT2D eigenvalue weighted by Crippen LogP contribution is 2.70. The summed E-state index contributed by atoms with van der Waals surface area (Å²) in [6, 6.07) is 0. The summed E-state index contributed by atoms with van der Waals surface area (Å²) in [5.74, 6) is -2.14. The molecule has 4 aliphatic rings. The monoisotopic (exact) mass is 462 g/mol. The van der Waals surface area contributed by atoms with E-state index >= 15 is 4.39 Å². The molecule has 0 aliphatic heterocycles. The van der Waals surface area contributed by atoms with E-state index < -0.39 is 52.5 Å². The van der Waals surface area contributed by atoms with Crippen LogP contribution in [0.3, 0.4) is 0 Å². The average Bonchev–Trinajstić information content (AvgIpc) is 3.05. The Morgan fingerprint density at radius 1 is 1.24 bits per heavy atom. The second-order valence-corrected chi connectivity index (χ2v) is 10.8. The van der Waals surface area contributed by atoms with Crippen LogP contribution < -0.4 is 0 Å². The third-order valence-corrected chi connectivity index (χ3v) is 9.38. The molecule has 182 valence electrons. The molecule has 33 heavy (non-hydrogen) atoms. The SMILES string of the molecule is CCCCC(=O)O[C@]1(C(=O)CO)CC[C@H]2[C@@H]3CCC4=CC(=O)C=C[C@]4(C)[C@@]3(F)C(O)C[C@@]21C. The molecule has 0 aromatic heterocycles. The second-order valence-electron chi connectivity index (χ2n) is 10.8. The highest BCUT2D eigenvalue weighted by molar-refractivity contribution is 6.01. The number of hydrogen-bond donors (Lipinski definition) is 2. The molecular weight excluding hydrogens is 427 g/mol. The Balaban J connectivity index is 1.75. The van der Waals surface area contributed by atoms with Crippen LogP contribution in [0.4, 0.5) is 4.39 Å². The molecule has 0 heterocycles. The van der Waals surface area contributed by atoms with Gasteiger partial charge in [-0.1, -0.05) is 31.9 Å². The topological polar surface area (TPSA) is 101 Å². The summed E-state index contributed by atoms with van der Waals surface area (Å²) in [5, 5.41) is 21.2. The number of ether oxygens (including phenoxy) is 1. The molecule has 0 spiro atoms. The van der Waals surface area contributed by atoms with Gasteiger partial charge in [0.15, 0.2) is 17.1 Å². The minimum Gasteiger partial charge on any atom is -0.450 e. The Hall–Kier alpha value is -1.86. The quantitative estimate of drug-likeness (QED) is 0.587. The molecule has 7 atom stereocenters. The average molecular weight is 463 g/mol. The molecular formula is C26H35FO6. The number of Topliss-reactive ketones (excluding diaryl/α,β-unsaturated/α-hetero) is 1.